The Bertz CT molecular complexity index is 601. The summed E-state index contributed by atoms with van der Waals surface area (Å²) in [6.45, 7) is 1.83. The van der Waals surface area contributed by atoms with Crippen LogP contribution in [0.3, 0.4) is 0 Å². The van der Waals surface area contributed by atoms with Crippen molar-refractivity contribution in [2.24, 2.45) is 0 Å². The van der Waals surface area contributed by atoms with Gasteiger partial charge >= 0.3 is 0 Å². The Labute approximate surface area is 114 Å². The average Bonchev–Trinajstić information content (AvgIpc) is 2.96. The SMILES string of the molecule is Cc1ccc(S(=O)(=O)NCC(O)c2ccsc2)s1. The number of aryl methyl sites for hydroxylation is 1. The molecule has 2 heterocycles. The van der Waals surface area contributed by atoms with Crippen LogP contribution in [0.4, 0.5) is 0 Å². The molecular formula is C11H13NO3S3. The standard InChI is InChI=1S/C11H13NO3S3/c1-8-2-3-11(17-8)18(14,15)12-6-10(13)9-4-5-16-7-9/h2-5,7,10,12-13H,6H2,1H3. The summed E-state index contributed by atoms with van der Waals surface area (Å²) in [5, 5.41) is 13.5. The summed E-state index contributed by atoms with van der Waals surface area (Å²) >= 11 is 2.68. The Morgan fingerprint density at radius 1 is 1.39 bits per heavy atom. The van der Waals surface area contributed by atoms with Crippen LogP contribution in [0.25, 0.3) is 0 Å². The van der Waals surface area contributed by atoms with Crippen LogP contribution in [0.1, 0.15) is 16.5 Å². The monoisotopic (exact) mass is 303 g/mol. The Kier molecular flexibility index (Phi) is 4.18. The summed E-state index contributed by atoms with van der Waals surface area (Å²) in [5.74, 6) is 0. The first-order chi connectivity index (χ1) is 8.49. The molecule has 0 amide bonds. The second-order valence-corrected chi connectivity index (χ2v) is 7.85. The molecule has 18 heavy (non-hydrogen) atoms. The zero-order valence-corrected chi connectivity index (χ0v) is 12.1. The fourth-order valence-electron chi connectivity index (χ4n) is 1.40. The van der Waals surface area contributed by atoms with E-state index in [1.54, 1.807) is 23.6 Å². The molecule has 1 unspecified atom stereocenters. The van der Waals surface area contributed by atoms with Crippen molar-refractivity contribution in [2.75, 3.05) is 6.54 Å². The third-order valence-electron chi connectivity index (χ3n) is 2.38. The van der Waals surface area contributed by atoms with E-state index in [-0.39, 0.29) is 10.8 Å². The largest absolute Gasteiger partial charge is 0.387 e. The highest BCUT2D eigenvalue weighted by molar-refractivity contribution is 7.91. The van der Waals surface area contributed by atoms with Gasteiger partial charge < -0.3 is 5.11 Å². The zero-order chi connectivity index (χ0) is 13.2. The van der Waals surface area contributed by atoms with Crippen LogP contribution in [0, 0.1) is 6.92 Å². The first-order valence-electron chi connectivity index (χ1n) is 5.25. The van der Waals surface area contributed by atoms with Gasteiger partial charge in [0.25, 0.3) is 0 Å². The highest BCUT2D eigenvalue weighted by Gasteiger charge is 2.18. The van der Waals surface area contributed by atoms with Crippen molar-refractivity contribution in [3.8, 4) is 0 Å². The van der Waals surface area contributed by atoms with E-state index in [9.17, 15) is 13.5 Å². The van der Waals surface area contributed by atoms with Gasteiger partial charge in [-0.25, -0.2) is 13.1 Å². The van der Waals surface area contributed by atoms with E-state index in [2.05, 4.69) is 4.72 Å². The lowest BCUT2D eigenvalue weighted by Crippen LogP contribution is -2.27. The molecule has 2 aromatic rings. The molecule has 0 fully saturated rings. The maximum atomic E-state index is 11.9. The van der Waals surface area contributed by atoms with E-state index in [1.807, 2.05) is 12.3 Å². The predicted molar refractivity (Wildman–Crippen MR) is 73.5 cm³/mol. The van der Waals surface area contributed by atoms with Crippen molar-refractivity contribution >= 4 is 32.7 Å². The Morgan fingerprint density at radius 2 is 2.17 bits per heavy atom. The summed E-state index contributed by atoms with van der Waals surface area (Å²) < 4.78 is 26.5. The van der Waals surface area contributed by atoms with Crippen LogP contribution in [0.15, 0.2) is 33.2 Å². The van der Waals surface area contributed by atoms with Gasteiger partial charge in [-0.3, -0.25) is 0 Å². The maximum absolute atomic E-state index is 11.9. The molecule has 0 radical (unpaired) electrons. The van der Waals surface area contributed by atoms with Crippen molar-refractivity contribution < 1.29 is 13.5 Å². The highest BCUT2D eigenvalue weighted by Crippen LogP contribution is 2.21. The molecule has 0 bridgehead atoms. The molecule has 0 saturated heterocycles. The van der Waals surface area contributed by atoms with Crippen LogP contribution in [0.5, 0.6) is 0 Å². The minimum atomic E-state index is -3.51. The van der Waals surface area contributed by atoms with Gasteiger partial charge in [-0.05, 0) is 41.4 Å². The zero-order valence-electron chi connectivity index (χ0n) is 9.66. The summed E-state index contributed by atoms with van der Waals surface area (Å²) in [4.78, 5) is 0.939. The first kappa shape index (κ1) is 13.7. The number of nitrogens with one attached hydrogen (secondary N) is 1. The topological polar surface area (TPSA) is 66.4 Å². The lowest BCUT2D eigenvalue weighted by molar-refractivity contribution is 0.182. The van der Waals surface area contributed by atoms with Gasteiger partial charge in [0, 0.05) is 11.4 Å². The number of rotatable bonds is 5. The predicted octanol–water partition coefficient (Wildman–Crippen LogP) is 2.13. The second kappa shape index (κ2) is 5.50. The molecule has 2 rings (SSSR count). The summed E-state index contributed by atoms with van der Waals surface area (Å²) in [7, 11) is -3.51. The summed E-state index contributed by atoms with van der Waals surface area (Å²) in [6.07, 6.45) is -0.813. The molecule has 0 aromatic carbocycles. The number of hydrogen-bond donors (Lipinski definition) is 2. The van der Waals surface area contributed by atoms with E-state index in [1.165, 1.54) is 22.7 Å². The van der Waals surface area contributed by atoms with Crippen molar-refractivity contribution in [3.05, 3.63) is 39.4 Å². The minimum Gasteiger partial charge on any atom is -0.387 e. The first-order valence-corrected chi connectivity index (χ1v) is 8.49. The van der Waals surface area contributed by atoms with Gasteiger partial charge in [0.05, 0.1) is 6.10 Å². The smallest absolute Gasteiger partial charge is 0.250 e. The van der Waals surface area contributed by atoms with Gasteiger partial charge in [-0.1, -0.05) is 0 Å². The number of sulfonamides is 1. The number of aliphatic hydroxyl groups is 1. The quantitative estimate of drug-likeness (QED) is 0.889. The third-order valence-corrected chi connectivity index (χ3v) is 5.99. The normalized spacial score (nSPS) is 13.7. The number of hydrogen-bond acceptors (Lipinski definition) is 5. The molecule has 0 spiro atoms. The minimum absolute atomic E-state index is 0.0178. The molecule has 0 aliphatic carbocycles. The molecule has 2 aromatic heterocycles. The maximum Gasteiger partial charge on any atom is 0.250 e. The van der Waals surface area contributed by atoms with Crippen molar-refractivity contribution in [2.45, 2.75) is 17.2 Å². The van der Waals surface area contributed by atoms with Crippen molar-refractivity contribution in [3.63, 3.8) is 0 Å². The van der Waals surface area contributed by atoms with Crippen LogP contribution < -0.4 is 4.72 Å². The third kappa shape index (κ3) is 3.18. The molecule has 0 aliphatic rings. The van der Waals surface area contributed by atoms with Crippen LogP contribution in [-0.2, 0) is 10.0 Å². The number of thiophene rings is 2. The van der Waals surface area contributed by atoms with E-state index in [0.717, 1.165) is 10.4 Å². The van der Waals surface area contributed by atoms with Crippen molar-refractivity contribution in [1.29, 1.82) is 0 Å². The highest BCUT2D eigenvalue weighted by atomic mass is 32.2. The van der Waals surface area contributed by atoms with Crippen LogP contribution in [0.2, 0.25) is 0 Å². The van der Waals surface area contributed by atoms with Gasteiger partial charge in [0.15, 0.2) is 0 Å². The van der Waals surface area contributed by atoms with Crippen molar-refractivity contribution in [1.82, 2.24) is 4.72 Å². The molecule has 98 valence electrons. The molecule has 0 saturated carbocycles. The van der Waals surface area contributed by atoms with Gasteiger partial charge in [0.2, 0.25) is 10.0 Å². The summed E-state index contributed by atoms with van der Waals surface area (Å²) in [5.41, 5.74) is 0.727. The molecular weight excluding hydrogens is 290 g/mol. The van der Waals surface area contributed by atoms with E-state index >= 15 is 0 Å². The Balaban J connectivity index is 2.02. The van der Waals surface area contributed by atoms with Crippen LogP contribution >= 0.6 is 22.7 Å². The lowest BCUT2D eigenvalue weighted by Gasteiger charge is -2.10. The molecule has 1 atom stereocenters. The lowest BCUT2D eigenvalue weighted by atomic mass is 10.2. The Morgan fingerprint density at radius 3 is 2.72 bits per heavy atom. The van der Waals surface area contributed by atoms with Gasteiger partial charge in [0.1, 0.15) is 4.21 Å². The Hall–Kier alpha value is -0.730. The number of aliphatic hydroxyl groups excluding tert-OH is 1. The average molecular weight is 303 g/mol. The van der Waals surface area contributed by atoms with E-state index in [4.69, 9.17) is 0 Å². The van der Waals surface area contributed by atoms with Gasteiger partial charge in [-0.2, -0.15) is 11.3 Å². The fraction of sp³-hybridized carbons (Fsp3) is 0.273. The second-order valence-electron chi connectivity index (χ2n) is 3.79. The fourth-order valence-corrected chi connectivity index (χ4v) is 4.47. The molecule has 7 heteroatoms. The molecule has 4 nitrogen and oxygen atoms in total. The van der Waals surface area contributed by atoms with E-state index < -0.39 is 16.1 Å². The van der Waals surface area contributed by atoms with E-state index in [0.29, 0.717) is 0 Å². The van der Waals surface area contributed by atoms with Gasteiger partial charge in [-0.15, -0.1) is 11.3 Å². The van der Waals surface area contributed by atoms with Crippen LogP contribution in [-0.4, -0.2) is 20.1 Å². The molecule has 2 N–H and O–H groups in total. The summed E-state index contributed by atoms with van der Waals surface area (Å²) in [6, 6.07) is 5.10. The molecule has 0 aliphatic heterocycles.